The zero-order valence-electron chi connectivity index (χ0n) is 9.80. The Morgan fingerprint density at radius 1 is 1.44 bits per heavy atom. The SMILES string of the molecule is CC(C)CC(C)Nc1ccc([N+](=O)[O-])nc1. The molecule has 1 unspecified atom stereocenters. The Hall–Kier alpha value is -1.65. The first-order valence-electron chi connectivity index (χ1n) is 5.36. The number of nitrogens with zero attached hydrogens (tertiary/aromatic N) is 2. The summed E-state index contributed by atoms with van der Waals surface area (Å²) in [6, 6.07) is 3.43. The van der Waals surface area contributed by atoms with Crippen molar-refractivity contribution in [3.05, 3.63) is 28.4 Å². The molecule has 16 heavy (non-hydrogen) atoms. The smallest absolute Gasteiger partial charge is 0.363 e. The fourth-order valence-corrected chi connectivity index (χ4v) is 1.63. The van der Waals surface area contributed by atoms with Gasteiger partial charge in [-0.3, -0.25) is 0 Å². The van der Waals surface area contributed by atoms with E-state index < -0.39 is 4.92 Å². The minimum absolute atomic E-state index is 0.123. The number of hydrogen-bond acceptors (Lipinski definition) is 4. The van der Waals surface area contributed by atoms with Crippen LogP contribution >= 0.6 is 0 Å². The van der Waals surface area contributed by atoms with Crippen molar-refractivity contribution in [3.63, 3.8) is 0 Å². The van der Waals surface area contributed by atoms with Gasteiger partial charge < -0.3 is 15.4 Å². The molecule has 0 amide bonds. The van der Waals surface area contributed by atoms with E-state index in [9.17, 15) is 10.1 Å². The summed E-state index contributed by atoms with van der Waals surface area (Å²) in [4.78, 5) is 13.7. The first-order valence-corrected chi connectivity index (χ1v) is 5.36. The predicted molar refractivity (Wildman–Crippen MR) is 63.4 cm³/mol. The molecule has 1 aromatic rings. The number of nitro groups is 1. The van der Waals surface area contributed by atoms with Crippen LogP contribution in [0.1, 0.15) is 27.2 Å². The van der Waals surface area contributed by atoms with E-state index >= 15 is 0 Å². The highest BCUT2D eigenvalue weighted by Crippen LogP contribution is 2.14. The predicted octanol–water partition coefficient (Wildman–Crippen LogP) is 2.84. The van der Waals surface area contributed by atoms with Gasteiger partial charge in [0.25, 0.3) is 0 Å². The Kier molecular flexibility index (Phi) is 4.22. The molecule has 0 spiro atoms. The second-order valence-corrected chi connectivity index (χ2v) is 4.34. The maximum atomic E-state index is 10.4. The van der Waals surface area contributed by atoms with Crippen LogP contribution in [0, 0.1) is 16.0 Å². The molecular formula is C11H17N3O2. The van der Waals surface area contributed by atoms with Crippen LogP contribution in [0.15, 0.2) is 18.3 Å². The van der Waals surface area contributed by atoms with E-state index in [1.807, 2.05) is 0 Å². The summed E-state index contributed by atoms with van der Waals surface area (Å²) >= 11 is 0. The zero-order valence-corrected chi connectivity index (χ0v) is 9.80. The summed E-state index contributed by atoms with van der Waals surface area (Å²) in [7, 11) is 0. The van der Waals surface area contributed by atoms with Crippen molar-refractivity contribution in [2.45, 2.75) is 33.2 Å². The second-order valence-electron chi connectivity index (χ2n) is 4.34. The average Bonchev–Trinajstić information content (AvgIpc) is 2.16. The van der Waals surface area contributed by atoms with Crippen molar-refractivity contribution < 1.29 is 4.92 Å². The first kappa shape index (κ1) is 12.4. The summed E-state index contributed by atoms with van der Waals surface area (Å²) in [6.45, 7) is 6.40. The van der Waals surface area contributed by atoms with E-state index in [0.29, 0.717) is 12.0 Å². The first-order chi connectivity index (χ1) is 7.49. The van der Waals surface area contributed by atoms with Gasteiger partial charge >= 0.3 is 5.82 Å². The van der Waals surface area contributed by atoms with Crippen molar-refractivity contribution in [2.75, 3.05) is 5.32 Å². The molecule has 0 bridgehead atoms. The number of aromatic nitrogens is 1. The lowest BCUT2D eigenvalue weighted by Gasteiger charge is -2.15. The van der Waals surface area contributed by atoms with E-state index in [4.69, 9.17) is 0 Å². The molecule has 1 rings (SSSR count). The van der Waals surface area contributed by atoms with Crippen LogP contribution in [-0.2, 0) is 0 Å². The minimum atomic E-state index is -0.499. The van der Waals surface area contributed by atoms with Gasteiger partial charge in [-0.2, -0.15) is 0 Å². The molecule has 1 atom stereocenters. The van der Waals surface area contributed by atoms with Gasteiger partial charge in [-0.1, -0.05) is 13.8 Å². The third-order valence-electron chi connectivity index (χ3n) is 2.17. The number of rotatable bonds is 5. The summed E-state index contributed by atoms with van der Waals surface area (Å²) in [5.74, 6) is 0.496. The summed E-state index contributed by atoms with van der Waals surface area (Å²) in [5, 5.41) is 13.7. The number of pyridine rings is 1. The molecule has 1 aromatic heterocycles. The van der Waals surface area contributed by atoms with E-state index in [0.717, 1.165) is 12.1 Å². The largest absolute Gasteiger partial charge is 0.380 e. The van der Waals surface area contributed by atoms with Crippen LogP contribution in [-0.4, -0.2) is 15.9 Å². The highest BCUT2D eigenvalue weighted by molar-refractivity contribution is 5.44. The lowest BCUT2D eigenvalue weighted by molar-refractivity contribution is -0.389. The monoisotopic (exact) mass is 223 g/mol. The summed E-state index contributed by atoms with van der Waals surface area (Å²) in [5.41, 5.74) is 0.818. The maximum absolute atomic E-state index is 10.4. The molecular weight excluding hydrogens is 206 g/mol. The average molecular weight is 223 g/mol. The Morgan fingerprint density at radius 3 is 2.56 bits per heavy atom. The molecule has 0 aliphatic carbocycles. The Bertz CT molecular complexity index is 349. The Labute approximate surface area is 95.0 Å². The van der Waals surface area contributed by atoms with Crippen molar-refractivity contribution >= 4 is 11.5 Å². The fourth-order valence-electron chi connectivity index (χ4n) is 1.63. The van der Waals surface area contributed by atoms with Crippen molar-refractivity contribution in [2.24, 2.45) is 5.92 Å². The van der Waals surface area contributed by atoms with Crippen LogP contribution in [0.2, 0.25) is 0 Å². The van der Waals surface area contributed by atoms with Crippen molar-refractivity contribution in [1.29, 1.82) is 0 Å². The lowest BCUT2D eigenvalue weighted by Crippen LogP contribution is -2.17. The molecule has 0 saturated carbocycles. The number of hydrogen-bond donors (Lipinski definition) is 1. The molecule has 0 radical (unpaired) electrons. The topological polar surface area (TPSA) is 68.1 Å². The van der Waals surface area contributed by atoms with Crippen LogP contribution in [0.3, 0.4) is 0 Å². The van der Waals surface area contributed by atoms with Crippen molar-refractivity contribution in [1.82, 2.24) is 4.98 Å². The zero-order chi connectivity index (χ0) is 12.1. The van der Waals surface area contributed by atoms with E-state index in [1.165, 1.54) is 12.3 Å². The normalized spacial score (nSPS) is 12.5. The van der Waals surface area contributed by atoms with Crippen molar-refractivity contribution in [3.8, 4) is 0 Å². The highest BCUT2D eigenvalue weighted by atomic mass is 16.6. The second kappa shape index (κ2) is 5.44. The van der Waals surface area contributed by atoms with Crippen LogP contribution in [0.5, 0.6) is 0 Å². The summed E-state index contributed by atoms with van der Waals surface area (Å²) in [6.07, 6.45) is 2.55. The van der Waals surface area contributed by atoms with Crippen LogP contribution in [0.25, 0.3) is 0 Å². The third-order valence-corrected chi connectivity index (χ3v) is 2.17. The molecule has 1 N–H and O–H groups in total. The van der Waals surface area contributed by atoms with Gasteiger partial charge in [0.2, 0.25) is 0 Å². The van der Waals surface area contributed by atoms with E-state index in [2.05, 4.69) is 31.1 Å². The molecule has 0 aromatic carbocycles. The molecule has 88 valence electrons. The molecule has 0 saturated heterocycles. The summed E-state index contributed by atoms with van der Waals surface area (Å²) < 4.78 is 0. The van der Waals surface area contributed by atoms with Gasteiger partial charge in [0, 0.05) is 12.1 Å². The third kappa shape index (κ3) is 3.84. The standard InChI is InChI=1S/C11H17N3O2/c1-8(2)6-9(3)13-10-4-5-11(12-7-10)14(15)16/h4-5,7-9,13H,6H2,1-3H3. The number of nitrogens with one attached hydrogen (secondary N) is 1. The molecule has 5 nitrogen and oxygen atoms in total. The molecule has 5 heteroatoms. The number of anilines is 1. The van der Waals surface area contributed by atoms with Gasteiger partial charge in [0.1, 0.15) is 0 Å². The Balaban J connectivity index is 2.58. The van der Waals surface area contributed by atoms with Gasteiger partial charge in [-0.05, 0) is 35.2 Å². The molecule has 0 aliphatic rings. The van der Waals surface area contributed by atoms with Gasteiger partial charge in [-0.15, -0.1) is 0 Å². The fraction of sp³-hybridized carbons (Fsp3) is 0.545. The minimum Gasteiger partial charge on any atom is -0.380 e. The maximum Gasteiger partial charge on any atom is 0.363 e. The lowest BCUT2D eigenvalue weighted by atomic mass is 10.1. The highest BCUT2D eigenvalue weighted by Gasteiger charge is 2.09. The van der Waals surface area contributed by atoms with E-state index in [-0.39, 0.29) is 5.82 Å². The van der Waals surface area contributed by atoms with Crippen LogP contribution < -0.4 is 5.32 Å². The molecule has 0 aliphatic heterocycles. The molecule has 0 fully saturated rings. The molecule has 1 heterocycles. The van der Waals surface area contributed by atoms with Gasteiger partial charge in [0.15, 0.2) is 6.20 Å². The Morgan fingerprint density at radius 2 is 2.12 bits per heavy atom. The van der Waals surface area contributed by atoms with Gasteiger partial charge in [-0.25, -0.2) is 0 Å². The quantitative estimate of drug-likeness (QED) is 0.615. The van der Waals surface area contributed by atoms with Crippen LogP contribution in [0.4, 0.5) is 11.5 Å². The van der Waals surface area contributed by atoms with Gasteiger partial charge in [0.05, 0.1) is 5.69 Å². The van der Waals surface area contributed by atoms with E-state index in [1.54, 1.807) is 6.07 Å².